The molecule has 2 rings (SSSR count). The highest BCUT2D eigenvalue weighted by Gasteiger charge is 2.25. The van der Waals surface area contributed by atoms with Crippen LogP contribution in [0.5, 0.6) is 5.75 Å². The van der Waals surface area contributed by atoms with Gasteiger partial charge < -0.3 is 20.6 Å². The van der Waals surface area contributed by atoms with E-state index in [1.54, 1.807) is 48.5 Å². The number of carbonyl (C=O) groups excluding carboxylic acids is 2. The van der Waals surface area contributed by atoms with Gasteiger partial charge in [0, 0.05) is 16.7 Å². The number of Topliss-reactive ketones (excluding diaryl/α,β-unsaturated/α-hetero) is 1. The summed E-state index contributed by atoms with van der Waals surface area (Å²) in [5, 5.41) is 30.1. The molecule has 0 fully saturated rings. The molecular weight excluding hydrogens is 334 g/mol. The maximum Gasteiger partial charge on any atom is 0.251 e. The number of aromatic hydroxyl groups is 1. The molecule has 2 aromatic carbocycles. The number of phenolic OH excluding ortho intramolecular Hbond substituents is 1. The smallest absolute Gasteiger partial charge is 0.251 e. The number of nitrogens with one attached hydrogen (secondary N) is 1. The minimum atomic E-state index is -1.17. The molecule has 2 atom stereocenters. The molecule has 0 aliphatic heterocycles. The van der Waals surface area contributed by atoms with Gasteiger partial charge in [-0.1, -0.05) is 11.8 Å². The van der Waals surface area contributed by atoms with Crippen molar-refractivity contribution in [3.63, 3.8) is 0 Å². The van der Waals surface area contributed by atoms with Gasteiger partial charge >= 0.3 is 0 Å². The molecule has 1 amide bonds. The topological polar surface area (TPSA) is 107 Å². The third-order valence-corrected chi connectivity index (χ3v) is 3.64. The van der Waals surface area contributed by atoms with Gasteiger partial charge in [-0.25, -0.2) is 0 Å². The van der Waals surface area contributed by atoms with Crippen molar-refractivity contribution in [2.45, 2.75) is 19.1 Å². The first kappa shape index (κ1) is 19.2. The summed E-state index contributed by atoms with van der Waals surface area (Å²) in [6.07, 6.45) is -1.12. The van der Waals surface area contributed by atoms with E-state index in [-0.39, 0.29) is 5.75 Å². The second kappa shape index (κ2) is 8.81. The maximum absolute atomic E-state index is 12.2. The number of benzene rings is 2. The molecule has 0 bridgehead atoms. The van der Waals surface area contributed by atoms with Crippen LogP contribution in [0.25, 0.3) is 0 Å². The number of rotatable bonds is 5. The normalized spacial score (nSPS) is 12.4. The van der Waals surface area contributed by atoms with E-state index < -0.39 is 30.4 Å². The zero-order chi connectivity index (χ0) is 19.1. The average Bonchev–Trinajstić information content (AvgIpc) is 2.65. The molecule has 0 heterocycles. The summed E-state index contributed by atoms with van der Waals surface area (Å²) in [4.78, 5) is 23.7. The highest BCUT2D eigenvalue weighted by Crippen LogP contribution is 2.09. The van der Waals surface area contributed by atoms with E-state index >= 15 is 0 Å². The molecule has 2 aromatic rings. The molecule has 0 saturated carbocycles. The van der Waals surface area contributed by atoms with Crippen LogP contribution >= 0.6 is 0 Å². The summed E-state index contributed by atoms with van der Waals surface area (Å²) in [6.45, 7) is 0.599. The number of phenols is 1. The zero-order valence-electron chi connectivity index (χ0n) is 14.1. The van der Waals surface area contributed by atoms with E-state index in [9.17, 15) is 19.8 Å². The Labute approximate surface area is 151 Å². The Morgan fingerprint density at radius 3 is 1.96 bits per heavy atom. The van der Waals surface area contributed by atoms with Crippen LogP contribution < -0.4 is 5.32 Å². The molecule has 0 aromatic heterocycles. The number of amides is 1. The molecule has 134 valence electrons. The Morgan fingerprint density at radius 2 is 1.50 bits per heavy atom. The monoisotopic (exact) mass is 353 g/mol. The first-order valence-corrected chi connectivity index (χ1v) is 7.94. The highest BCUT2D eigenvalue weighted by molar-refractivity contribution is 5.98. The quantitative estimate of drug-likeness (QED) is 0.596. The van der Waals surface area contributed by atoms with Crippen LogP contribution in [-0.4, -0.2) is 45.8 Å². The van der Waals surface area contributed by atoms with Crippen molar-refractivity contribution in [3.8, 4) is 17.6 Å². The van der Waals surface area contributed by atoms with Crippen molar-refractivity contribution in [3.05, 3.63) is 65.2 Å². The fourth-order valence-corrected chi connectivity index (χ4v) is 2.19. The molecule has 0 radical (unpaired) electrons. The minimum absolute atomic E-state index is 0.168. The highest BCUT2D eigenvalue weighted by atomic mass is 16.3. The molecule has 0 aliphatic carbocycles. The molecule has 0 aliphatic rings. The Balaban J connectivity index is 2.08. The van der Waals surface area contributed by atoms with Crippen molar-refractivity contribution < 1.29 is 24.9 Å². The van der Waals surface area contributed by atoms with Gasteiger partial charge in [0.2, 0.25) is 0 Å². The predicted molar refractivity (Wildman–Crippen MR) is 95.6 cm³/mol. The van der Waals surface area contributed by atoms with E-state index in [0.29, 0.717) is 11.1 Å². The van der Waals surface area contributed by atoms with Gasteiger partial charge in [0.1, 0.15) is 18.4 Å². The summed E-state index contributed by atoms with van der Waals surface area (Å²) in [7, 11) is 0. The van der Waals surface area contributed by atoms with Crippen LogP contribution in [0.1, 0.15) is 28.4 Å². The molecule has 26 heavy (non-hydrogen) atoms. The second-order valence-electron chi connectivity index (χ2n) is 5.69. The van der Waals surface area contributed by atoms with Crippen molar-refractivity contribution in [1.82, 2.24) is 5.32 Å². The van der Waals surface area contributed by atoms with E-state index in [2.05, 4.69) is 17.2 Å². The number of hydrogen-bond acceptors (Lipinski definition) is 5. The Morgan fingerprint density at radius 1 is 1.00 bits per heavy atom. The zero-order valence-corrected chi connectivity index (χ0v) is 14.1. The lowest BCUT2D eigenvalue weighted by Crippen LogP contribution is -2.48. The summed E-state index contributed by atoms with van der Waals surface area (Å²) in [6, 6.07) is 11.7. The van der Waals surface area contributed by atoms with Gasteiger partial charge in [0.05, 0.1) is 6.10 Å². The summed E-state index contributed by atoms with van der Waals surface area (Å²) < 4.78 is 0. The standard InChI is InChI=1S/C20H19NO5/c1-13(23)19(18(25)12-22)21-20(26)16-8-4-14(5-9-16)2-3-15-6-10-17(24)11-7-15/h4-11,13,19,22-24H,12H2,1H3,(H,21,26)/t13-,19+/m1/s1. The predicted octanol–water partition coefficient (Wildman–Crippen LogP) is 0.833. The van der Waals surface area contributed by atoms with Gasteiger partial charge in [-0.3, -0.25) is 9.59 Å². The average molecular weight is 353 g/mol. The second-order valence-corrected chi connectivity index (χ2v) is 5.69. The molecule has 4 N–H and O–H groups in total. The minimum Gasteiger partial charge on any atom is -0.508 e. The number of hydrogen-bond donors (Lipinski definition) is 4. The van der Waals surface area contributed by atoms with Crippen LogP contribution in [0.2, 0.25) is 0 Å². The molecule has 0 spiro atoms. The SMILES string of the molecule is C[C@@H](O)[C@H](NC(=O)c1ccc(C#Cc2ccc(O)cc2)cc1)C(=O)CO. The fraction of sp³-hybridized carbons (Fsp3) is 0.200. The van der Waals surface area contributed by atoms with Crippen LogP contribution in [-0.2, 0) is 4.79 Å². The largest absolute Gasteiger partial charge is 0.508 e. The fourth-order valence-electron chi connectivity index (χ4n) is 2.19. The van der Waals surface area contributed by atoms with E-state index in [1.807, 2.05) is 0 Å². The van der Waals surface area contributed by atoms with Crippen molar-refractivity contribution in [1.29, 1.82) is 0 Å². The third kappa shape index (κ3) is 5.18. The maximum atomic E-state index is 12.2. The lowest BCUT2D eigenvalue weighted by molar-refractivity contribution is -0.125. The third-order valence-electron chi connectivity index (χ3n) is 3.64. The molecule has 6 heteroatoms. The Kier molecular flexibility index (Phi) is 6.50. The molecule has 0 saturated heterocycles. The molecule has 0 unspecified atom stereocenters. The summed E-state index contributed by atoms with van der Waals surface area (Å²) in [5.41, 5.74) is 1.73. The van der Waals surface area contributed by atoms with Crippen LogP contribution in [0.4, 0.5) is 0 Å². The Bertz CT molecular complexity index is 829. The van der Waals surface area contributed by atoms with Gasteiger partial charge in [-0.05, 0) is 55.5 Å². The van der Waals surface area contributed by atoms with Crippen molar-refractivity contribution >= 4 is 11.7 Å². The van der Waals surface area contributed by atoms with Gasteiger partial charge in [0.25, 0.3) is 5.91 Å². The lowest BCUT2D eigenvalue weighted by atomic mass is 10.1. The van der Waals surface area contributed by atoms with Gasteiger partial charge in [-0.2, -0.15) is 0 Å². The number of aliphatic hydroxyl groups excluding tert-OH is 2. The molecule has 6 nitrogen and oxygen atoms in total. The van der Waals surface area contributed by atoms with E-state index in [4.69, 9.17) is 5.11 Å². The lowest BCUT2D eigenvalue weighted by Gasteiger charge is -2.19. The van der Waals surface area contributed by atoms with E-state index in [0.717, 1.165) is 5.56 Å². The van der Waals surface area contributed by atoms with E-state index in [1.165, 1.54) is 6.92 Å². The number of aliphatic hydroxyl groups is 2. The van der Waals surface area contributed by atoms with Gasteiger partial charge in [0.15, 0.2) is 5.78 Å². The van der Waals surface area contributed by atoms with Crippen molar-refractivity contribution in [2.24, 2.45) is 0 Å². The summed E-state index contributed by atoms with van der Waals surface area (Å²) in [5.74, 6) is 4.86. The first-order valence-electron chi connectivity index (χ1n) is 7.94. The van der Waals surface area contributed by atoms with Crippen LogP contribution in [0.15, 0.2) is 48.5 Å². The Hall–Kier alpha value is -3.14. The van der Waals surface area contributed by atoms with Crippen molar-refractivity contribution in [2.75, 3.05) is 6.61 Å². The van der Waals surface area contributed by atoms with Crippen LogP contribution in [0.3, 0.4) is 0 Å². The summed E-state index contributed by atoms with van der Waals surface area (Å²) >= 11 is 0. The molecular formula is C20H19NO5. The number of carbonyl (C=O) groups is 2. The first-order chi connectivity index (χ1) is 12.4. The van der Waals surface area contributed by atoms with Crippen LogP contribution in [0, 0.1) is 11.8 Å². The van der Waals surface area contributed by atoms with Gasteiger partial charge in [-0.15, -0.1) is 0 Å². The number of ketones is 1.